The Bertz CT molecular complexity index is 581. The van der Waals surface area contributed by atoms with Gasteiger partial charge in [-0.2, -0.15) is 0 Å². The van der Waals surface area contributed by atoms with E-state index in [0.717, 1.165) is 23.9 Å². The van der Waals surface area contributed by atoms with Crippen LogP contribution in [0.4, 0.5) is 5.69 Å². The first kappa shape index (κ1) is 12.6. The van der Waals surface area contributed by atoms with Crippen LogP contribution in [0.2, 0.25) is 0 Å². The van der Waals surface area contributed by atoms with E-state index in [1.165, 1.54) is 6.07 Å². The van der Waals surface area contributed by atoms with Crippen LogP contribution in [-0.4, -0.2) is 15.0 Å². The zero-order valence-electron chi connectivity index (χ0n) is 10.6. The SMILES string of the molecule is CC(C)(N)CCn1ccc2cc([N+](=O)[O-])ccc21. The Labute approximate surface area is 105 Å². The van der Waals surface area contributed by atoms with E-state index in [4.69, 9.17) is 5.73 Å². The van der Waals surface area contributed by atoms with Crippen molar-refractivity contribution in [3.05, 3.63) is 40.6 Å². The summed E-state index contributed by atoms with van der Waals surface area (Å²) in [5.74, 6) is 0. The van der Waals surface area contributed by atoms with E-state index in [-0.39, 0.29) is 16.1 Å². The fourth-order valence-electron chi connectivity index (χ4n) is 1.90. The van der Waals surface area contributed by atoms with Gasteiger partial charge in [-0.15, -0.1) is 0 Å². The summed E-state index contributed by atoms with van der Waals surface area (Å²) in [7, 11) is 0. The number of rotatable bonds is 4. The summed E-state index contributed by atoms with van der Waals surface area (Å²) < 4.78 is 2.08. The lowest BCUT2D eigenvalue weighted by atomic mass is 10.0. The zero-order chi connectivity index (χ0) is 13.3. The number of nitrogens with zero attached hydrogens (tertiary/aromatic N) is 2. The van der Waals surface area contributed by atoms with Gasteiger partial charge < -0.3 is 10.3 Å². The van der Waals surface area contributed by atoms with Crippen LogP contribution < -0.4 is 5.73 Å². The van der Waals surface area contributed by atoms with Crippen molar-refractivity contribution in [2.24, 2.45) is 5.73 Å². The molecule has 1 aromatic heterocycles. The molecule has 2 rings (SSSR count). The molecule has 0 spiro atoms. The second kappa shape index (κ2) is 4.42. The molecule has 1 aromatic carbocycles. The summed E-state index contributed by atoms with van der Waals surface area (Å²) in [4.78, 5) is 10.3. The van der Waals surface area contributed by atoms with E-state index >= 15 is 0 Å². The van der Waals surface area contributed by atoms with Gasteiger partial charge in [0.05, 0.1) is 4.92 Å². The van der Waals surface area contributed by atoms with Crippen molar-refractivity contribution in [2.75, 3.05) is 0 Å². The maximum Gasteiger partial charge on any atom is 0.270 e. The van der Waals surface area contributed by atoms with E-state index in [1.807, 2.05) is 26.1 Å². The van der Waals surface area contributed by atoms with Gasteiger partial charge in [-0.3, -0.25) is 10.1 Å². The molecule has 2 aromatic rings. The van der Waals surface area contributed by atoms with Crippen molar-refractivity contribution in [2.45, 2.75) is 32.4 Å². The maximum absolute atomic E-state index is 10.7. The third-order valence-corrected chi connectivity index (χ3v) is 2.96. The molecule has 0 aliphatic heterocycles. The number of benzene rings is 1. The number of nitrogens with two attached hydrogens (primary N) is 1. The molecule has 0 aliphatic rings. The molecule has 0 fully saturated rings. The fraction of sp³-hybridized carbons (Fsp3) is 0.385. The van der Waals surface area contributed by atoms with Crippen molar-refractivity contribution >= 4 is 16.6 Å². The van der Waals surface area contributed by atoms with Crippen LogP contribution in [0.15, 0.2) is 30.5 Å². The normalized spacial score (nSPS) is 11.9. The number of nitro groups is 1. The third kappa shape index (κ3) is 2.68. The Morgan fingerprint density at radius 1 is 1.39 bits per heavy atom. The maximum atomic E-state index is 10.7. The van der Waals surface area contributed by atoms with Gasteiger partial charge in [-0.1, -0.05) is 0 Å². The van der Waals surface area contributed by atoms with Crippen LogP contribution in [0.5, 0.6) is 0 Å². The van der Waals surface area contributed by atoms with E-state index in [0.29, 0.717) is 0 Å². The summed E-state index contributed by atoms with van der Waals surface area (Å²) >= 11 is 0. The largest absolute Gasteiger partial charge is 0.347 e. The first-order chi connectivity index (χ1) is 8.37. The van der Waals surface area contributed by atoms with Crippen LogP contribution >= 0.6 is 0 Å². The lowest BCUT2D eigenvalue weighted by Gasteiger charge is -2.18. The lowest BCUT2D eigenvalue weighted by Crippen LogP contribution is -2.33. The highest BCUT2D eigenvalue weighted by Gasteiger charge is 2.12. The van der Waals surface area contributed by atoms with Crippen LogP contribution in [0, 0.1) is 10.1 Å². The minimum atomic E-state index is -0.375. The van der Waals surface area contributed by atoms with Gasteiger partial charge in [0.25, 0.3) is 5.69 Å². The minimum Gasteiger partial charge on any atom is -0.347 e. The van der Waals surface area contributed by atoms with Crippen LogP contribution in [0.3, 0.4) is 0 Å². The number of hydrogen-bond donors (Lipinski definition) is 1. The summed E-state index contributed by atoms with van der Waals surface area (Å²) in [6.07, 6.45) is 2.80. The van der Waals surface area contributed by atoms with Crippen molar-refractivity contribution in [3.8, 4) is 0 Å². The predicted molar refractivity (Wildman–Crippen MR) is 71.5 cm³/mol. The first-order valence-electron chi connectivity index (χ1n) is 5.89. The van der Waals surface area contributed by atoms with Crippen LogP contribution in [0.25, 0.3) is 10.9 Å². The molecule has 0 radical (unpaired) electrons. The molecule has 0 bridgehead atoms. The lowest BCUT2D eigenvalue weighted by molar-refractivity contribution is -0.384. The quantitative estimate of drug-likeness (QED) is 0.666. The number of nitro benzene ring substituents is 1. The van der Waals surface area contributed by atoms with Gasteiger partial charge in [0.1, 0.15) is 0 Å². The molecule has 0 amide bonds. The molecule has 1 heterocycles. The van der Waals surface area contributed by atoms with Gasteiger partial charge in [0, 0.05) is 41.3 Å². The average molecular weight is 247 g/mol. The van der Waals surface area contributed by atoms with Gasteiger partial charge >= 0.3 is 0 Å². The number of hydrogen-bond acceptors (Lipinski definition) is 3. The third-order valence-electron chi connectivity index (χ3n) is 2.96. The van der Waals surface area contributed by atoms with Crippen LogP contribution in [-0.2, 0) is 6.54 Å². The molecular formula is C13H17N3O2. The smallest absolute Gasteiger partial charge is 0.270 e. The zero-order valence-corrected chi connectivity index (χ0v) is 10.6. The summed E-state index contributed by atoms with van der Waals surface area (Å²) in [5.41, 5.74) is 6.88. The summed E-state index contributed by atoms with van der Waals surface area (Å²) in [6, 6.07) is 6.81. The van der Waals surface area contributed by atoms with Crippen molar-refractivity contribution in [3.63, 3.8) is 0 Å². The van der Waals surface area contributed by atoms with Gasteiger partial charge in [-0.05, 0) is 32.4 Å². The van der Waals surface area contributed by atoms with Crippen molar-refractivity contribution in [1.82, 2.24) is 4.57 Å². The summed E-state index contributed by atoms with van der Waals surface area (Å²) in [5, 5.41) is 11.6. The van der Waals surface area contributed by atoms with Gasteiger partial charge in [0.15, 0.2) is 0 Å². The van der Waals surface area contributed by atoms with Crippen molar-refractivity contribution < 1.29 is 4.92 Å². The fourth-order valence-corrected chi connectivity index (χ4v) is 1.90. The number of non-ortho nitro benzene ring substituents is 1. The first-order valence-corrected chi connectivity index (χ1v) is 5.89. The topological polar surface area (TPSA) is 74.1 Å². The minimum absolute atomic E-state index is 0.124. The molecule has 0 atom stereocenters. The number of aryl methyl sites for hydroxylation is 1. The molecule has 0 saturated heterocycles. The average Bonchev–Trinajstić information content (AvgIpc) is 2.67. The second-order valence-electron chi connectivity index (χ2n) is 5.25. The Hall–Kier alpha value is -1.88. The molecule has 5 heteroatoms. The van der Waals surface area contributed by atoms with E-state index in [9.17, 15) is 10.1 Å². The Balaban J connectivity index is 2.29. The molecule has 0 unspecified atom stereocenters. The van der Waals surface area contributed by atoms with Gasteiger partial charge in [-0.25, -0.2) is 0 Å². The summed E-state index contributed by atoms with van der Waals surface area (Å²) in [6.45, 7) is 4.79. The highest BCUT2D eigenvalue weighted by atomic mass is 16.6. The Morgan fingerprint density at radius 2 is 2.11 bits per heavy atom. The highest BCUT2D eigenvalue weighted by molar-refractivity contribution is 5.82. The molecular weight excluding hydrogens is 230 g/mol. The standard InChI is InChI=1S/C13H17N3O2/c1-13(2,14)6-8-15-7-5-10-9-11(16(17)18)3-4-12(10)15/h3-5,7,9H,6,8,14H2,1-2H3. The second-order valence-corrected chi connectivity index (χ2v) is 5.25. The highest BCUT2D eigenvalue weighted by Crippen LogP contribution is 2.22. The van der Waals surface area contributed by atoms with E-state index in [2.05, 4.69) is 4.57 Å². The molecule has 2 N–H and O–H groups in total. The molecule has 0 saturated carbocycles. The van der Waals surface area contributed by atoms with E-state index < -0.39 is 0 Å². The Kier molecular flexibility index (Phi) is 3.09. The molecule has 96 valence electrons. The number of aromatic nitrogens is 1. The molecule has 0 aliphatic carbocycles. The monoisotopic (exact) mass is 247 g/mol. The number of fused-ring (bicyclic) bond motifs is 1. The van der Waals surface area contributed by atoms with E-state index in [1.54, 1.807) is 12.1 Å². The molecule has 18 heavy (non-hydrogen) atoms. The predicted octanol–water partition coefficient (Wildman–Crippen LogP) is 2.68. The van der Waals surface area contributed by atoms with Crippen LogP contribution in [0.1, 0.15) is 20.3 Å². The molecule has 5 nitrogen and oxygen atoms in total. The Morgan fingerprint density at radius 3 is 2.72 bits per heavy atom. The van der Waals surface area contributed by atoms with Gasteiger partial charge in [0.2, 0.25) is 0 Å². The van der Waals surface area contributed by atoms with Crippen molar-refractivity contribution in [1.29, 1.82) is 0 Å².